The monoisotopic (exact) mass is 240 g/mol. The lowest BCUT2D eigenvalue weighted by molar-refractivity contribution is -0.122. The average Bonchev–Trinajstić information content (AvgIpc) is 3.07. The third-order valence-corrected chi connectivity index (χ3v) is 2.40. The van der Waals surface area contributed by atoms with Gasteiger partial charge in [-0.2, -0.15) is 0 Å². The lowest BCUT2D eigenvalue weighted by Gasteiger charge is -2.13. The van der Waals surface area contributed by atoms with E-state index in [0.29, 0.717) is 19.1 Å². The number of carbonyl (C=O) groups excluding carboxylic acids is 1. The molecule has 0 unspecified atom stereocenters. The van der Waals surface area contributed by atoms with E-state index in [0.717, 1.165) is 25.3 Å². The Bertz CT molecular complexity index is 272. The van der Waals surface area contributed by atoms with Crippen LogP contribution in [0.25, 0.3) is 0 Å². The highest BCUT2D eigenvalue weighted by Gasteiger charge is 2.28. The molecule has 0 atom stereocenters. The highest BCUT2D eigenvalue weighted by atomic mass is 16.2. The SMILES string of the molecule is CCNC(=NCCNC(=O)C1CC1)NC(C)C. The second-order valence-corrected chi connectivity index (χ2v) is 4.62. The molecule has 98 valence electrons. The summed E-state index contributed by atoms with van der Waals surface area (Å²) >= 11 is 0. The Hall–Kier alpha value is -1.26. The van der Waals surface area contributed by atoms with Crippen molar-refractivity contribution < 1.29 is 4.79 Å². The molecule has 0 saturated heterocycles. The molecule has 1 aliphatic rings. The number of nitrogens with one attached hydrogen (secondary N) is 3. The van der Waals surface area contributed by atoms with Gasteiger partial charge in [0.25, 0.3) is 0 Å². The lowest BCUT2D eigenvalue weighted by Crippen LogP contribution is -2.41. The van der Waals surface area contributed by atoms with Crippen molar-refractivity contribution in [2.24, 2.45) is 10.9 Å². The maximum absolute atomic E-state index is 11.4. The zero-order chi connectivity index (χ0) is 12.7. The number of hydrogen-bond donors (Lipinski definition) is 3. The molecule has 1 rings (SSSR count). The molecule has 0 heterocycles. The molecule has 0 radical (unpaired) electrons. The molecule has 1 aliphatic carbocycles. The van der Waals surface area contributed by atoms with Gasteiger partial charge in [0.05, 0.1) is 6.54 Å². The minimum absolute atomic E-state index is 0.182. The smallest absolute Gasteiger partial charge is 0.223 e. The van der Waals surface area contributed by atoms with Crippen molar-refractivity contribution in [3.63, 3.8) is 0 Å². The van der Waals surface area contributed by atoms with Crippen molar-refractivity contribution in [1.29, 1.82) is 0 Å². The van der Waals surface area contributed by atoms with Gasteiger partial charge in [-0.25, -0.2) is 0 Å². The molecule has 3 N–H and O–H groups in total. The van der Waals surface area contributed by atoms with Crippen LogP contribution in [0.2, 0.25) is 0 Å². The first-order valence-electron chi connectivity index (χ1n) is 6.46. The van der Waals surface area contributed by atoms with Crippen LogP contribution in [0.1, 0.15) is 33.6 Å². The minimum atomic E-state index is 0.182. The van der Waals surface area contributed by atoms with Crippen LogP contribution in [0.5, 0.6) is 0 Å². The first-order chi connectivity index (χ1) is 8.13. The summed E-state index contributed by atoms with van der Waals surface area (Å²) < 4.78 is 0. The zero-order valence-electron chi connectivity index (χ0n) is 11.0. The van der Waals surface area contributed by atoms with Gasteiger partial charge in [0.15, 0.2) is 5.96 Å². The Balaban J connectivity index is 2.19. The molecular weight excluding hydrogens is 216 g/mol. The number of aliphatic imine (C=N–C) groups is 1. The van der Waals surface area contributed by atoms with Crippen molar-refractivity contribution in [3.05, 3.63) is 0 Å². The fraction of sp³-hybridized carbons (Fsp3) is 0.833. The largest absolute Gasteiger partial charge is 0.357 e. The van der Waals surface area contributed by atoms with E-state index in [1.54, 1.807) is 0 Å². The topological polar surface area (TPSA) is 65.5 Å². The second-order valence-electron chi connectivity index (χ2n) is 4.62. The maximum Gasteiger partial charge on any atom is 0.223 e. The van der Waals surface area contributed by atoms with Gasteiger partial charge in [0.1, 0.15) is 0 Å². The molecule has 0 bridgehead atoms. The molecule has 1 fully saturated rings. The molecule has 1 amide bonds. The number of amides is 1. The van der Waals surface area contributed by atoms with Crippen LogP contribution in [-0.4, -0.2) is 37.5 Å². The van der Waals surface area contributed by atoms with Crippen LogP contribution in [0.3, 0.4) is 0 Å². The summed E-state index contributed by atoms with van der Waals surface area (Å²) in [4.78, 5) is 15.7. The lowest BCUT2D eigenvalue weighted by atomic mass is 10.4. The Labute approximate surface area is 103 Å². The third-order valence-electron chi connectivity index (χ3n) is 2.40. The van der Waals surface area contributed by atoms with Crippen LogP contribution in [0.4, 0.5) is 0 Å². The molecule has 5 nitrogen and oxygen atoms in total. The molecule has 0 spiro atoms. The molecular formula is C12H24N4O. The normalized spacial score (nSPS) is 15.9. The van der Waals surface area contributed by atoms with Gasteiger partial charge in [0, 0.05) is 25.0 Å². The Kier molecular flexibility index (Phi) is 5.80. The summed E-state index contributed by atoms with van der Waals surface area (Å²) in [6, 6.07) is 0.355. The van der Waals surface area contributed by atoms with Gasteiger partial charge < -0.3 is 16.0 Å². The van der Waals surface area contributed by atoms with Crippen LogP contribution in [0.15, 0.2) is 4.99 Å². The summed E-state index contributed by atoms with van der Waals surface area (Å²) in [6.07, 6.45) is 2.10. The Morgan fingerprint density at radius 2 is 2.06 bits per heavy atom. The highest BCUT2D eigenvalue weighted by molar-refractivity contribution is 5.81. The maximum atomic E-state index is 11.4. The Morgan fingerprint density at radius 3 is 2.59 bits per heavy atom. The van der Waals surface area contributed by atoms with E-state index in [9.17, 15) is 4.79 Å². The van der Waals surface area contributed by atoms with Crippen LogP contribution < -0.4 is 16.0 Å². The minimum Gasteiger partial charge on any atom is -0.357 e. The van der Waals surface area contributed by atoms with Gasteiger partial charge in [0.2, 0.25) is 5.91 Å². The summed E-state index contributed by atoms with van der Waals surface area (Å²) in [5, 5.41) is 9.29. The van der Waals surface area contributed by atoms with E-state index < -0.39 is 0 Å². The van der Waals surface area contributed by atoms with Crippen LogP contribution in [0, 0.1) is 5.92 Å². The second kappa shape index (κ2) is 7.14. The molecule has 0 aromatic heterocycles. The highest BCUT2D eigenvalue weighted by Crippen LogP contribution is 2.28. The van der Waals surface area contributed by atoms with E-state index in [-0.39, 0.29) is 11.8 Å². The molecule has 0 aromatic rings. The first-order valence-corrected chi connectivity index (χ1v) is 6.46. The third kappa shape index (κ3) is 6.14. The number of guanidine groups is 1. The number of carbonyl (C=O) groups is 1. The first kappa shape index (κ1) is 13.8. The standard InChI is InChI=1S/C12H24N4O/c1-4-13-12(16-9(2)3)15-8-7-14-11(17)10-5-6-10/h9-10H,4-8H2,1-3H3,(H,14,17)(H2,13,15,16). The van der Waals surface area contributed by atoms with Gasteiger partial charge in [-0.1, -0.05) is 0 Å². The number of hydrogen-bond acceptors (Lipinski definition) is 2. The van der Waals surface area contributed by atoms with Gasteiger partial charge >= 0.3 is 0 Å². The van der Waals surface area contributed by atoms with Crippen LogP contribution >= 0.6 is 0 Å². The van der Waals surface area contributed by atoms with Gasteiger partial charge in [-0.05, 0) is 33.6 Å². The van der Waals surface area contributed by atoms with Gasteiger partial charge in [-0.3, -0.25) is 9.79 Å². The summed E-state index contributed by atoms with van der Waals surface area (Å²) in [5.74, 6) is 1.27. The Morgan fingerprint density at radius 1 is 1.35 bits per heavy atom. The van der Waals surface area contributed by atoms with Crippen molar-refractivity contribution in [2.75, 3.05) is 19.6 Å². The van der Waals surface area contributed by atoms with Crippen LogP contribution in [-0.2, 0) is 4.79 Å². The van der Waals surface area contributed by atoms with E-state index in [1.165, 1.54) is 0 Å². The van der Waals surface area contributed by atoms with Crippen molar-refractivity contribution >= 4 is 11.9 Å². The van der Waals surface area contributed by atoms with E-state index in [4.69, 9.17) is 0 Å². The zero-order valence-corrected chi connectivity index (χ0v) is 11.0. The summed E-state index contributed by atoms with van der Waals surface area (Å²) in [5.41, 5.74) is 0. The predicted octanol–water partition coefficient (Wildman–Crippen LogP) is 0.476. The molecule has 0 aromatic carbocycles. The summed E-state index contributed by atoms with van der Waals surface area (Å²) in [6.45, 7) is 8.24. The van der Waals surface area contributed by atoms with Crippen molar-refractivity contribution in [3.8, 4) is 0 Å². The molecule has 0 aliphatic heterocycles. The summed E-state index contributed by atoms with van der Waals surface area (Å²) in [7, 11) is 0. The number of nitrogens with zero attached hydrogens (tertiary/aromatic N) is 1. The predicted molar refractivity (Wildman–Crippen MR) is 70.0 cm³/mol. The average molecular weight is 240 g/mol. The van der Waals surface area contributed by atoms with E-state index >= 15 is 0 Å². The number of rotatable bonds is 6. The molecule has 17 heavy (non-hydrogen) atoms. The fourth-order valence-corrected chi connectivity index (χ4v) is 1.43. The fourth-order valence-electron chi connectivity index (χ4n) is 1.43. The molecule has 5 heteroatoms. The molecule has 1 saturated carbocycles. The van der Waals surface area contributed by atoms with Crippen molar-refractivity contribution in [1.82, 2.24) is 16.0 Å². The van der Waals surface area contributed by atoms with Gasteiger partial charge in [-0.15, -0.1) is 0 Å². The quantitative estimate of drug-likeness (QED) is 0.359. The van der Waals surface area contributed by atoms with E-state index in [2.05, 4.69) is 34.8 Å². The van der Waals surface area contributed by atoms with Crippen molar-refractivity contribution in [2.45, 2.75) is 39.7 Å². The van der Waals surface area contributed by atoms with E-state index in [1.807, 2.05) is 6.92 Å².